The van der Waals surface area contributed by atoms with Gasteiger partial charge in [-0.15, -0.1) is 6.58 Å². The summed E-state index contributed by atoms with van der Waals surface area (Å²) in [5.74, 6) is 0.660. The second-order valence-electron chi connectivity index (χ2n) is 6.37. The smallest absolute Gasteiger partial charge is 0.136 e. The number of hydrogen-bond acceptors (Lipinski definition) is 1. The van der Waals surface area contributed by atoms with Gasteiger partial charge in [-0.3, -0.25) is 4.79 Å². The highest BCUT2D eigenvalue weighted by molar-refractivity contribution is 5.80. The lowest BCUT2D eigenvalue weighted by atomic mass is 9.92. The molecule has 0 bridgehead atoms. The number of rotatable bonds is 16. The van der Waals surface area contributed by atoms with Crippen molar-refractivity contribution in [1.29, 1.82) is 0 Å². The lowest BCUT2D eigenvalue weighted by Gasteiger charge is -2.12. The van der Waals surface area contributed by atoms with Crippen molar-refractivity contribution in [2.24, 2.45) is 5.92 Å². The Hall–Kier alpha value is -0.590. The first-order valence-electron chi connectivity index (χ1n) is 9.39. The number of hydrogen-bond donors (Lipinski definition) is 0. The fourth-order valence-corrected chi connectivity index (χ4v) is 2.96. The molecule has 1 heteroatoms. The highest BCUT2D eigenvalue weighted by Crippen LogP contribution is 2.18. The molecule has 0 saturated heterocycles. The molecule has 0 rings (SSSR count). The molecule has 0 aromatic carbocycles. The number of Topliss-reactive ketones (excluding diaryl/α,β-unsaturated/α-hetero) is 1. The quantitative estimate of drug-likeness (QED) is 0.224. The van der Waals surface area contributed by atoms with E-state index in [0.717, 1.165) is 12.8 Å². The number of ketones is 1. The summed E-state index contributed by atoms with van der Waals surface area (Å²) >= 11 is 0. The van der Waals surface area contributed by atoms with Gasteiger partial charge < -0.3 is 0 Å². The molecule has 1 unspecified atom stereocenters. The molecule has 21 heavy (non-hydrogen) atoms. The molecule has 1 atom stereocenters. The largest absolute Gasteiger partial charge is 0.299 e. The van der Waals surface area contributed by atoms with Crippen LogP contribution in [0.5, 0.6) is 0 Å². The lowest BCUT2D eigenvalue weighted by Crippen LogP contribution is -2.12. The van der Waals surface area contributed by atoms with Crippen molar-refractivity contribution in [3.05, 3.63) is 12.7 Å². The fourth-order valence-electron chi connectivity index (χ4n) is 2.96. The van der Waals surface area contributed by atoms with Gasteiger partial charge in [0.1, 0.15) is 5.78 Å². The molecular formula is C20H38O. The van der Waals surface area contributed by atoms with Gasteiger partial charge >= 0.3 is 0 Å². The molecule has 0 heterocycles. The third-order valence-electron chi connectivity index (χ3n) is 4.41. The van der Waals surface area contributed by atoms with Crippen LogP contribution in [0, 0.1) is 5.92 Å². The third kappa shape index (κ3) is 12.8. The lowest BCUT2D eigenvalue weighted by molar-refractivity contribution is -0.122. The van der Waals surface area contributed by atoms with Crippen LogP contribution in [0.3, 0.4) is 0 Å². The van der Waals surface area contributed by atoms with Gasteiger partial charge in [0.15, 0.2) is 0 Å². The molecule has 0 aromatic rings. The number of carbonyl (C=O) groups is 1. The first-order valence-corrected chi connectivity index (χ1v) is 9.39. The summed E-state index contributed by atoms with van der Waals surface area (Å²) in [6, 6.07) is 0. The summed E-state index contributed by atoms with van der Waals surface area (Å²) in [6.07, 6.45) is 19.6. The van der Waals surface area contributed by atoms with Crippen LogP contribution >= 0.6 is 0 Å². The van der Waals surface area contributed by atoms with Gasteiger partial charge in [-0.1, -0.05) is 90.6 Å². The van der Waals surface area contributed by atoms with Crippen LogP contribution in [-0.2, 0) is 4.79 Å². The standard InChI is InChI=1S/C20H38O/c1-4-7-8-9-10-11-12-13-14-15-16-18-19(17-5-2)20(21)6-3/h5,19H,2,4,6-18H2,1,3H3. The Bertz CT molecular complexity index is 244. The van der Waals surface area contributed by atoms with Crippen LogP contribution in [0.4, 0.5) is 0 Å². The SMILES string of the molecule is C=CCC(CCCCCCCCCCCCC)C(=O)CC. The number of unbranched alkanes of at least 4 members (excludes halogenated alkanes) is 10. The average molecular weight is 295 g/mol. The van der Waals surface area contributed by atoms with Crippen LogP contribution in [0.1, 0.15) is 104 Å². The monoisotopic (exact) mass is 294 g/mol. The van der Waals surface area contributed by atoms with E-state index in [-0.39, 0.29) is 5.92 Å². The Morgan fingerprint density at radius 3 is 1.76 bits per heavy atom. The normalized spacial score (nSPS) is 12.3. The predicted molar refractivity (Wildman–Crippen MR) is 94.7 cm³/mol. The second kappa shape index (κ2) is 15.8. The fraction of sp³-hybridized carbons (Fsp3) is 0.850. The molecule has 0 fully saturated rings. The minimum absolute atomic E-state index is 0.242. The topological polar surface area (TPSA) is 17.1 Å². The van der Waals surface area contributed by atoms with Crippen LogP contribution < -0.4 is 0 Å². The van der Waals surface area contributed by atoms with Gasteiger partial charge in [0.25, 0.3) is 0 Å². The molecular weight excluding hydrogens is 256 g/mol. The molecule has 0 aliphatic heterocycles. The molecule has 0 radical (unpaired) electrons. The first kappa shape index (κ1) is 20.4. The minimum atomic E-state index is 0.242. The number of carbonyl (C=O) groups excluding carboxylic acids is 1. The minimum Gasteiger partial charge on any atom is -0.299 e. The maximum absolute atomic E-state index is 11.8. The molecule has 0 aliphatic carbocycles. The van der Waals surface area contributed by atoms with Crippen molar-refractivity contribution < 1.29 is 4.79 Å². The van der Waals surface area contributed by atoms with E-state index in [0.29, 0.717) is 12.2 Å². The van der Waals surface area contributed by atoms with E-state index in [2.05, 4.69) is 13.5 Å². The van der Waals surface area contributed by atoms with E-state index in [1.165, 1.54) is 70.6 Å². The average Bonchev–Trinajstić information content (AvgIpc) is 2.50. The van der Waals surface area contributed by atoms with Gasteiger partial charge in [0, 0.05) is 12.3 Å². The summed E-state index contributed by atoms with van der Waals surface area (Å²) in [5.41, 5.74) is 0. The zero-order chi connectivity index (χ0) is 15.8. The molecule has 0 aromatic heterocycles. The van der Waals surface area contributed by atoms with Crippen LogP contribution in [0.15, 0.2) is 12.7 Å². The predicted octanol–water partition coefficient (Wildman–Crippen LogP) is 6.86. The second-order valence-corrected chi connectivity index (χ2v) is 6.37. The maximum atomic E-state index is 11.8. The van der Waals surface area contributed by atoms with Crippen molar-refractivity contribution >= 4 is 5.78 Å². The van der Waals surface area contributed by atoms with Crippen molar-refractivity contribution in [3.8, 4) is 0 Å². The Morgan fingerprint density at radius 1 is 0.857 bits per heavy atom. The van der Waals surface area contributed by atoms with E-state index >= 15 is 0 Å². The third-order valence-corrected chi connectivity index (χ3v) is 4.41. The molecule has 1 nitrogen and oxygen atoms in total. The van der Waals surface area contributed by atoms with Gasteiger partial charge in [-0.05, 0) is 12.8 Å². The summed E-state index contributed by atoms with van der Waals surface area (Å²) in [7, 11) is 0. The molecule has 124 valence electrons. The summed E-state index contributed by atoms with van der Waals surface area (Å²) in [5, 5.41) is 0. The zero-order valence-corrected chi connectivity index (χ0v) is 14.7. The Kier molecular flexibility index (Phi) is 15.3. The summed E-state index contributed by atoms with van der Waals surface area (Å²) < 4.78 is 0. The van der Waals surface area contributed by atoms with Gasteiger partial charge in [0.05, 0.1) is 0 Å². The molecule has 0 amide bonds. The Balaban J connectivity index is 3.37. The molecule has 0 saturated carbocycles. The van der Waals surface area contributed by atoms with Crippen molar-refractivity contribution in [3.63, 3.8) is 0 Å². The maximum Gasteiger partial charge on any atom is 0.136 e. The van der Waals surface area contributed by atoms with E-state index in [4.69, 9.17) is 0 Å². The van der Waals surface area contributed by atoms with Crippen molar-refractivity contribution in [2.75, 3.05) is 0 Å². The van der Waals surface area contributed by atoms with Crippen LogP contribution in [-0.4, -0.2) is 5.78 Å². The highest BCUT2D eigenvalue weighted by Gasteiger charge is 2.14. The summed E-state index contributed by atoms with van der Waals surface area (Å²) in [4.78, 5) is 11.8. The van der Waals surface area contributed by atoms with E-state index in [1.807, 2.05) is 13.0 Å². The van der Waals surface area contributed by atoms with E-state index in [1.54, 1.807) is 0 Å². The van der Waals surface area contributed by atoms with Gasteiger partial charge in [-0.2, -0.15) is 0 Å². The summed E-state index contributed by atoms with van der Waals surface area (Å²) in [6.45, 7) is 8.01. The van der Waals surface area contributed by atoms with Gasteiger partial charge in [0.2, 0.25) is 0 Å². The van der Waals surface area contributed by atoms with Crippen LogP contribution in [0.2, 0.25) is 0 Å². The first-order chi connectivity index (χ1) is 10.3. The van der Waals surface area contributed by atoms with Crippen molar-refractivity contribution in [2.45, 2.75) is 104 Å². The molecule has 0 spiro atoms. The molecule has 0 N–H and O–H groups in total. The number of allylic oxidation sites excluding steroid dienone is 1. The van der Waals surface area contributed by atoms with Gasteiger partial charge in [-0.25, -0.2) is 0 Å². The Morgan fingerprint density at radius 2 is 1.33 bits per heavy atom. The van der Waals surface area contributed by atoms with Crippen LogP contribution in [0.25, 0.3) is 0 Å². The molecule has 0 aliphatic rings. The highest BCUT2D eigenvalue weighted by atomic mass is 16.1. The van der Waals surface area contributed by atoms with E-state index in [9.17, 15) is 4.79 Å². The van der Waals surface area contributed by atoms with Crippen molar-refractivity contribution in [1.82, 2.24) is 0 Å². The zero-order valence-electron chi connectivity index (χ0n) is 14.7. The van der Waals surface area contributed by atoms with E-state index < -0.39 is 0 Å². The Labute approximate surface area is 133 Å².